The van der Waals surface area contributed by atoms with E-state index in [0.29, 0.717) is 10.7 Å². The van der Waals surface area contributed by atoms with Crippen molar-refractivity contribution < 1.29 is 4.79 Å². The quantitative estimate of drug-likeness (QED) is 0.646. The van der Waals surface area contributed by atoms with E-state index in [1.165, 1.54) is 0 Å². The second-order valence-electron chi connectivity index (χ2n) is 4.95. The van der Waals surface area contributed by atoms with Crippen molar-refractivity contribution in [3.05, 3.63) is 29.8 Å². The molecular weight excluding hydrogens is 244 g/mol. The molecule has 0 heterocycles. The molecule has 0 spiro atoms. The molecule has 0 radical (unpaired) electrons. The summed E-state index contributed by atoms with van der Waals surface area (Å²) in [5.41, 5.74) is 1.56. The Morgan fingerprint density at radius 2 is 1.83 bits per heavy atom. The van der Waals surface area contributed by atoms with Crippen LogP contribution in [0, 0.1) is 0 Å². The highest BCUT2D eigenvalue weighted by Crippen LogP contribution is 2.11. The first-order valence-electron chi connectivity index (χ1n) is 6.04. The molecule has 0 saturated heterocycles. The topological polar surface area (TPSA) is 41.1 Å². The van der Waals surface area contributed by atoms with E-state index in [9.17, 15) is 4.79 Å². The fraction of sp³-hybridized carbons (Fsp3) is 0.429. The fourth-order valence-electron chi connectivity index (χ4n) is 1.35. The van der Waals surface area contributed by atoms with E-state index in [2.05, 4.69) is 31.4 Å². The minimum absolute atomic E-state index is 0.0244. The number of rotatable bonds is 4. The summed E-state index contributed by atoms with van der Waals surface area (Å²) in [6, 6.07) is 7.28. The maximum absolute atomic E-state index is 11.1. The van der Waals surface area contributed by atoms with Crippen molar-refractivity contribution in [1.29, 1.82) is 0 Å². The lowest BCUT2D eigenvalue weighted by molar-refractivity contribution is 0.101. The van der Waals surface area contributed by atoms with Crippen LogP contribution in [0.5, 0.6) is 0 Å². The van der Waals surface area contributed by atoms with Crippen molar-refractivity contribution in [2.75, 3.05) is 5.32 Å². The van der Waals surface area contributed by atoms with Gasteiger partial charge >= 0.3 is 0 Å². The Morgan fingerprint density at radius 3 is 2.28 bits per heavy atom. The van der Waals surface area contributed by atoms with Crippen LogP contribution in [-0.2, 0) is 0 Å². The van der Waals surface area contributed by atoms with Gasteiger partial charge in [0.2, 0.25) is 0 Å². The third kappa shape index (κ3) is 4.45. The first kappa shape index (κ1) is 14.6. The van der Waals surface area contributed by atoms with Crippen molar-refractivity contribution in [3.8, 4) is 0 Å². The van der Waals surface area contributed by atoms with Crippen LogP contribution in [0.1, 0.15) is 44.5 Å². The smallest absolute Gasteiger partial charge is 0.171 e. The van der Waals surface area contributed by atoms with Gasteiger partial charge in [-0.15, -0.1) is 0 Å². The first-order valence-corrected chi connectivity index (χ1v) is 6.45. The molecule has 0 aliphatic carbocycles. The predicted molar refractivity (Wildman–Crippen MR) is 80.2 cm³/mol. The summed E-state index contributed by atoms with van der Waals surface area (Å²) in [5.74, 6) is 0.0642. The maximum Gasteiger partial charge on any atom is 0.171 e. The Balaban J connectivity index is 2.63. The van der Waals surface area contributed by atoms with Crippen LogP contribution in [0.2, 0.25) is 0 Å². The summed E-state index contributed by atoms with van der Waals surface area (Å²) in [7, 11) is 0. The van der Waals surface area contributed by atoms with Gasteiger partial charge in [0.15, 0.2) is 10.9 Å². The molecule has 0 bridgehead atoms. The van der Waals surface area contributed by atoms with Gasteiger partial charge in [-0.25, -0.2) is 0 Å². The molecule has 0 unspecified atom stereocenters. The van der Waals surface area contributed by atoms with Crippen molar-refractivity contribution in [2.24, 2.45) is 0 Å². The number of carbonyl (C=O) groups excluding carboxylic acids is 1. The number of hydrogen-bond donors (Lipinski definition) is 2. The number of thiocarbonyl (C=S) groups is 1. The van der Waals surface area contributed by atoms with Gasteiger partial charge < -0.3 is 10.6 Å². The Hall–Kier alpha value is -1.42. The number of benzene rings is 1. The predicted octanol–water partition coefficient (Wildman–Crippen LogP) is 3.36. The number of ketones is 1. The molecular formula is C14H20N2OS. The molecule has 0 aromatic heterocycles. The number of carbonyl (C=O) groups is 1. The molecule has 1 aromatic rings. The van der Waals surface area contributed by atoms with E-state index in [4.69, 9.17) is 12.2 Å². The van der Waals surface area contributed by atoms with Gasteiger partial charge in [-0.1, -0.05) is 6.92 Å². The van der Waals surface area contributed by atoms with Crippen LogP contribution >= 0.6 is 12.2 Å². The van der Waals surface area contributed by atoms with Crippen molar-refractivity contribution in [1.82, 2.24) is 5.32 Å². The van der Waals surface area contributed by atoms with Crippen LogP contribution in [0.15, 0.2) is 24.3 Å². The van der Waals surface area contributed by atoms with Gasteiger partial charge in [0, 0.05) is 16.8 Å². The van der Waals surface area contributed by atoms with Gasteiger partial charge in [-0.2, -0.15) is 0 Å². The minimum Gasteiger partial charge on any atom is -0.358 e. The van der Waals surface area contributed by atoms with Crippen molar-refractivity contribution in [3.63, 3.8) is 0 Å². The Labute approximate surface area is 114 Å². The van der Waals surface area contributed by atoms with Crippen molar-refractivity contribution in [2.45, 2.75) is 39.7 Å². The SMILES string of the molecule is CCC(C)(C)NC(=S)Nc1ccc(C(C)=O)cc1. The Bertz CT molecular complexity index is 438. The lowest BCUT2D eigenvalue weighted by atomic mass is 10.0. The summed E-state index contributed by atoms with van der Waals surface area (Å²) in [6.07, 6.45) is 0.984. The molecule has 0 fully saturated rings. The highest BCUT2D eigenvalue weighted by Gasteiger charge is 2.15. The number of hydrogen-bond acceptors (Lipinski definition) is 2. The third-order valence-corrected chi connectivity index (χ3v) is 3.09. The average Bonchev–Trinajstić information content (AvgIpc) is 2.29. The number of anilines is 1. The standard InChI is InChI=1S/C14H20N2OS/c1-5-14(3,4)16-13(18)15-12-8-6-11(7-9-12)10(2)17/h6-9H,5H2,1-4H3,(H2,15,16,18). The van der Waals surface area contributed by atoms with E-state index in [0.717, 1.165) is 12.1 Å². The zero-order valence-corrected chi connectivity index (χ0v) is 12.1. The molecule has 1 aromatic carbocycles. The van der Waals surface area contributed by atoms with Gasteiger partial charge in [-0.3, -0.25) is 4.79 Å². The zero-order valence-electron chi connectivity index (χ0n) is 11.3. The van der Waals surface area contributed by atoms with E-state index >= 15 is 0 Å². The summed E-state index contributed by atoms with van der Waals surface area (Å²) >= 11 is 5.25. The lowest BCUT2D eigenvalue weighted by Crippen LogP contribution is -2.44. The zero-order chi connectivity index (χ0) is 13.8. The van der Waals surface area contributed by atoms with Gasteiger partial charge in [0.05, 0.1) is 0 Å². The van der Waals surface area contributed by atoms with Gasteiger partial charge in [0.1, 0.15) is 0 Å². The van der Waals surface area contributed by atoms with Crippen molar-refractivity contribution >= 4 is 28.8 Å². The second-order valence-corrected chi connectivity index (χ2v) is 5.36. The highest BCUT2D eigenvalue weighted by molar-refractivity contribution is 7.80. The van der Waals surface area contributed by atoms with Crippen LogP contribution in [0.25, 0.3) is 0 Å². The lowest BCUT2D eigenvalue weighted by Gasteiger charge is -2.26. The van der Waals surface area contributed by atoms with Gasteiger partial charge in [0.25, 0.3) is 0 Å². The first-order chi connectivity index (χ1) is 8.34. The summed E-state index contributed by atoms with van der Waals surface area (Å²) in [5, 5.41) is 6.95. The molecule has 0 amide bonds. The molecule has 0 saturated carbocycles. The minimum atomic E-state index is -0.0244. The summed E-state index contributed by atoms with van der Waals surface area (Å²) in [6.45, 7) is 7.86. The van der Waals surface area contributed by atoms with Crippen LogP contribution in [-0.4, -0.2) is 16.4 Å². The van der Waals surface area contributed by atoms with E-state index in [1.807, 2.05) is 12.1 Å². The fourth-order valence-corrected chi connectivity index (χ4v) is 1.74. The molecule has 0 aliphatic heterocycles. The normalized spacial score (nSPS) is 10.9. The van der Waals surface area contributed by atoms with Gasteiger partial charge in [-0.05, 0) is 63.7 Å². The van der Waals surface area contributed by atoms with Crippen LogP contribution < -0.4 is 10.6 Å². The average molecular weight is 264 g/mol. The summed E-state index contributed by atoms with van der Waals surface area (Å²) in [4.78, 5) is 11.1. The molecule has 1 rings (SSSR count). The molecule has 18 heavy (non-hydrogen) atoms. The number of Topliss-reactive ketones (excluding diaryl/α,β-unsaturated/α-hetero) is 1. The highest BCUT2D eigenvalue weighted by atomic mass is 32.1. The van der Waals surface area contributed by atoms with E-state index in [-0.39, 0.29) is 11.3 Å². The monoisotopic (exact) mass is 264 g/mol. The third-order valence-electron chi connectivity index (χ3n) is 2.89. The van der Waals surface area contributed by atoms with Crippen LogP contribution in [0.3, 0.4) is 0 Å². The molecule has 4 heteroatoms. The molecule has 0 aliphatic rings. The Kier molecular flexibility index (Phi) is 4.84. The van der Waals surface area contributed by atoms with E-state index in [1.54, 1.807) is 19.1 Å². The Morgan fingerprint density at radius 1 is 1.28 bits per heavy atom. The van der Waals surface area contributed by atoms with E-state index < -0.39 is 0 Å². The maximum atomic E-state index is 11.1. The molecule has 98 valence electrons. The number of nitrogens with one attached hydrogen (secondary N) is 2. The summed E-state index contributed by atoms with van der Waals surface area (Å²) < 4.78 is 0. The second kappa shape index (κ2) is 5.96. The molecule has 0 atom stereocenters. The largest absolute Gasteiger partial charge is 0.358 e. The molecule has 3 nitrogen and oxygen atoms in total. The molecule has 2 N–H and O–H groups in total. The van der Waals surface area contributed by atoms with Crippen LogP contribution in [0.4, 0.5) is 5.69 Å².